The van der Waals surface area contributed by atoms with E-state index in [1.54, 1.807) is 6.07 Å². The second-order valence-electron chi connectivity index (χ2n) is 6.67. The van der Waals surface area contributed by atoms with Crippen LogP contribution in [-0.2, 0) is 14.8 Å². The van der Waals surface area contributed by atoms with E-state index >= 15 is 0 Å². The van der Waals surface area contributed by atoms with E-state index in [0.29, 0.717) is 31.3 Å². The molecule has 8 heteroatoms. The molecule has 2 aromatic rings. The van der Waals surface area contributed by atoms with Gasteiger partial charge in [0.1, 0.15) is 13.1 Å². The molecule has 1 heterocycles. The molecule has 0 radical (unpaired) electrons. The van der Waals surface area contributed by atoms with Gasteiger partial charge in [0.05, 0.1) is 44.9 Å². The predicted octanol–water partition coefficient (Wildman–Crippen LogP) is 0.639. The molecule has 0 amide bonds. The Hall–Kier alpha value is -2.13. The largest absolute Gasteiger partial charge is 0.493 e. The van der Waals surface area contributed by atoms with Crippen molar-refractivity contribution in [2.45, 2.75) is 10.9 Å². The predicted molar refractivity (Wildman–Crippen MR) is 105 cm³/mol. The first-order valence-corrected chi connectivity index (χ1v) is 10.7. The number of nitrogens with one attached hydrogen (secondary N) is 2. The van der Waals surface area contributed by atoms with Gasteiger partial charge in [0.25, 0.3) is 0 Å². The van der Waals surface area contributed by atoms with Gasteiger partial charge >= 0.3 is 0 Å². The summed E-state index contributed by atoms with van der Waals surface area (Å²) in [6.45, 7) is 3.77. The highest BCUT2D eigenvalue weighted by atomic mass is 32.2. The van der Waals surface area contributed by atoms with Gasteiger partial charge in [-0.3, -0.25) is 0 Å². The molecule has 2 N–H and O–H groups in total. The third-order valence-corrected chi connectivity index (χ3v) is 6.33. The fourth-order valence-electron chi connectivity index (χ4n) is 3.30. The highest BCUT2D eigenvalue weighted by molar-refractivity contribution is 7.89. The Bertz CT molecular complexity index is 867. The number of hydrogen-bond donors (Lipinski definition) is 2. The SMILES string of the molecule is COc1ccc(S(=O)(=O)N[C@@H](C[NH+]2CCOCC2)c2ccccc2)cc1OC. The summed E-state index contributed by atoms with van der Waals surface area (Å²) in [5, 5.41) is 0. The Balaban J connectivity index is 1.86. The van der Waals surface area contributed by atoms with E-state index in [-0.39, 0.29) is 10.9 Å². The molecule has 1 aliphatic rings. The smallest absolute Gasteiger partial charge is 0.241 e. The van der Waals surface area contributed by atoms with E-state index in [4.69, 9.17) is 14.2 Å². The molecule has 0 saturated carbocycles. The Kier molecular flexibility index (Phi) is 6.90. The third-order valence-electron chi connectivity index (χ3n) is 4.86. The van der Waals surface area contributed by atoms with E-state index in [2.05, 4.69) is 4.72 Å². The summed E-state index contributed by atoms with van der Waals surface area (Å²) in [4.78, 5) is 1.46. The molecular weight excluding hydrogens is 380 g/mol. The van der Waals surface area contributed by atoms with E-state index < -0.39 is 10.0 Å². The zero-order valence-electron chi connectivity index (χ0n) is 16.2. The highest BCUT2D eigenvalue weighted by Gasteiger charge is 2.27. The van der Waals surface area contributed by atoms with Crippen molar-refractivity contribution >= 4 is 10.0 Å². The van der Waals surface area contributed by atoms with E-state index in [0.717, 1.165) is 18.7 Å². The molecule has 1 saturated heterocycles. The van der Waals surface area contributed by atoms with Crippen molar-refractivity contribution in [3.63, 3.8) is 0 Å². The van der Waals surface area contributed by atoms with Crippen molar-refractivity contribution in [2.24, 2.45) is 0 Å². The number of morpholine rings is 1. The van der Waals surface area contributed by atoms with Crippen molar-refractivity contribution in [3.8, 4) is 11.5 Å². The Morgan fingerprint density at radius 2 is 1.71 bits per heavy atom. The lowest BCUT2D eigenvalue weighted by Crippen LogP contribution is -3.14. The van der Waals surface area contributed by atoms with Crippen LogP contribution in [0.2, 0.25) is 0 Å². The van der Waals surface area contributed by atoms with Crippen molar-refractivity contribution in [1.82, 2.24) is 4.72 Å². The van der Waals surface area contributed by atoms with Crippen molar-refractivity contribution in [3.05, 3.63) is 54.1 Å². The molecule has 0 spiro atoms. The standard InChI is InChI=1S/C20H26N2O5S/c1-25-19-9-8-17(14-20(19)26-2)28(23,24)21-18(16-6-4-3-5-7-16)15-22-10-12-27-13-11-22/h3-9,14,18,21H,10-13,15H2,1-2H3/p+1/t18-/m0/s1. The van der Waals surface area contributed by atoms with E-state index in [1.165, 1.54) is 31.3 Å². The number of ether oxygens (including phenoxy) is 3. The molecule has 2 aromatic carbocycles. The quantitative estimate of drug-likeness (QED) is 0.672. The molecule has 7 nitrogen and oxygen atoms in total. The molecule has 1 aliphatic heterocycles. The number of quaternary nitrogens is 1. The van der Waals surface area contributed by atoms with Gasteiger partial charge in [0, 0.05) is 6.07 Å². The molecule has 1 fully saturated rings. The lowest BCUT2D eigenvalue weighted by molar-refractivity contribution is -0.909. The van der Waals surface area contributed by atoms with Crippen LogP contribution in [0.15, 0.2) is 53.4 Å². The van der Waals surface area contributed by atoms with Gasteiger partial charge in [-0.2, -0.15) is 4.72 Å². The number of methoxy groups -OCH3 is 2. The average Bonchev–Trinajstić information content (AvgIpc) is 2.74. The maximum absolute atomic E-state index is 13.1. The molecule has 152 valence electrons. The van der Waals surface area contributed by atoms with Gasteiger partial charge in [0.2, 0.25) is 10.0 Å². The lowest BCUT2D eigenvalue weighted by atomic mass is 10.1. The number of sulfonamides is 1. The number of benzene rings is 2. The summed E-state index contributed by atoms with van der Waals surface area (Å²) >= 11 is 0. The number of hydrogen-bond acceptors (Lipinski definition) is 5. The van der Waals surface area contributed by atoms with Gasteiger partial charge in [-0.1, -0.05) is 30.3 Å². The molecule has 1 atom stereocenters. The summed E-state index contributed by atoms with van der Waals surface area (Å²) in [6, 6.07) is 13.9. The van der Waals surface area contributed by atoms with Gasteiger partial charge in [-0.25, -0.2) is 8.42 Å². The van der Waals surface area contributed by atoms with Crippen LogP contribution in [0, 0.1) is 0 Å². The number of rotatable bonds is 8. The van der Waals surface area contributed by atoms with Crippen molar-refractivity contribution < 1.29 is 27.5 Å². The minimum Gasteiger partial charge on any atom is -0.493 e. The minimum absolute atomic E-state index is 0.142. The molecule has 3 rings (SSSR count). The summed E-state index contributed by atoms with van der Waals surface area (Å²) in [5.41, 5.74) is 0.936. The monoisotopic (exact) mass is 407 g/mol. The second kappa shape index (κ2) is 9.38. The summed E-state index contributed by atoms with van der Waals surface area (Å²) < 4.78 is 44.9. The minimum atomic E-state index is -3.75. The molecule has 28 heavy (non-hydrogen) atoms. The van der Waals surface area contributed by atoms with Crippen LogP contribution in [0.5, 0.6) is 11.5 Å². The van der Waals surface area contributed by atoms with E-state index in [9.17, 15) is 8.42 Å². The van der Waals surface area contributed by atoms with Gasteiger partial charge in [-0.15, -0.1) is 0 Å². The normalized spacial score (nSPS) is 16.5. The summed E-state index contributed by atoms with van der Waals surface area (Å²) in [5.74, 6) is 0.860. The first-order valence-electron chi connectivity index (χ1n) is 9.24. The first kappa shape index (κ1) is 20.6. The Labute approximate surface area is 166 Å². The lowest BCUT2D eigenvalue weighted by Gasteiger charge is -2.28. The van der Waals surface area contributed by atoms with Gasteiger partial charge in [0.15, 0.2) is 11.5 Å². The maximum Gasteiger partial charge on any atom is 0.241 e. The van der Waals surface area contributed by atoms with Crippen LogP contribution in [-0.4, -0.2) is 55.5 Å². The zero-order valence-corrected chi connectivity index (χ0v) is 17.0. The first-order chi connectivity index (χ1) is 13.5. The van der Waals surface area contributed by atoms with Crippen molar-refractivity contribution in [2.75, 3.05) is 47.1 Å². The Morgan fingerprint density at radius 3 is 2.36 bits per heavy atom. The van der Waals surface area contributed by atoms with Crippen LogP contribution < -0.4 is 19.1 Å². The van der Waals surface area contributed by atoms with Crippen molar-refractivity contribution in [1.29, 1.82) is 0 Å². The molecular formula is C20H27N2O5S+. The van der Waals surface area contributed by atoms with Crippen LogP contribution in [0.25, 0.3) is 0 Å². The molecule has 0 aliphatic carbocycles. The third kappa shape index (κ3) is 5.02. The van der Waals surface area contributed by atoms with Crippen LogP contribution in [0.3, 0.4) is 0 Å². The molecule has 0 bridgehead atoms. The van der Waals surface area contributed by atoms with E-state index in [1.807, 2.05) is 30.3 Å². The highest BCUT2D eigenvalue weighted by Crippen LogP contribution is 2.29. The summed E-state index contributed by atoms with van der Waals surface area (Å²) in [7, 11) is -0.749. The fourth-order valence-corrected chi connectivity index (χ4v) is 4.54. The van der Waals surface area contributed by atoms with Gasteiger partial charge < -0.3 is 19.1 Å². The molecule has 0 aromatic heterocycles. The van der Waals surface area contributed by atoms with Gasteiger partial charge in [-0.05, 0) is 17.7 Å². The summed E-state index contributed by atoms with van der Waals surface area (Å²) in [6.07, 6.45) is 0. The van der Waals surface area contributed by atoms with Crippen LogP contribution in [0.1, 0.15) is 11.6 Å². The van der Waals surface area contributed by atoms with Crippen LogP contribution >= 0.6 is 0 Å². The Morgan fingerprint density at radius 1 is 1.04 bits per heavy atom. The van der Waals surface area contributed by atoms with Crippen LogP contribution in [0.4, 0.5) is 0 Å². The maximum atomic E-state index is 13.1. The second-order valence-corrected chi connectivity index (χ2v) is 8.38. The fraction of sp³-hybridized carbons (Fsp3) is 0.400. The topological polar surface area (TPSA) is 78.3 Å². The average molecular weight is 408 g/mol. The zero-order chi connectivity index (χ0) is 20.0. The molecule has 0 unspecified atom stereocenters.